The van der Waals surface area contributed by atoms with Gasteiger partial charge in [0.25, 0.3) is 0 Å². The van der Waals surface area contributed by atoms with Crippen molar-refractivity contribution in [2.75, 3.05) is 21.3 Å². The van der Waals surface area contributed by atoms with E-state index in [0.29, 0.717) is 66.9 Å². The van der Waals surface area contributed by atoms with E-state index in [9.17, 15) is 38.4 Å². The summed E-state index contributed by atoms with van der Waals surface area (Å²) in [6, 6.07) is 44.1. The highest BCUT2D eigenvalue weighted by Gasteiger charge is 2.20. The molecule has 20 nitrogen and oxygen atoms in total. The number of carbonyl (C=O) groups excluding carboxylic acids is 4. The lowest BCUT2D eigenvalue weighted by Gasteiger charge is -2.12. The Morgan fingerprint density at radius 1 is 0.263 bits per heavy atom. The van der Waals surface area contributed by atoms with Crippen LogP contribution in [0.3, 0.4) is 0 Å². The van der Waals surface area contributed by atoms with Crippen molar-refractivity contribution < 1.29 is 58.8 Å². The van der Waals surface area contributed by atoms with Gasteiger partial charge < -0.3 is 61.6 Å². The highest BCUT2D eigenvalue weighted by Crippen LogP contribution is 2.30. The summed E-state index contributed by atoms with van der Waals surface area (Å²) in [4.78, 5) is 110. The molecule has 9 rings (SSSR count). The monoisotopic (exact) mass is 1080 g/mol. The van der Waals surface area contributed by atoms with E-state index in [1.807, 2.05) is 97.1 Å². The number of nitrogens with one attached hydrogen (secondary N) is 8. The Morgan fingerprint density at radius 3 is 0.650 bits per heavy atom. The summed E-state index contributed by atoms with van der Waals surface area (Å²) in [6.45, 7) is 0. The fourth-order valence-electron chi connectivity index (χ4n) is 9.23. The predicted molar refractivity (Wildman–Crippen MR) is 296 cm³/mol. The molecule has 5 heterocycles. The first-order chi connectivity index (χ1) is 38.5. The number of anilines is 4. The number of fused-ring (bicyclic) bond motifs is 8. The summed E-state index contributed by atoms with van der Waals surface area (Å²) in [5.74, 6) is -6.15. The van der Waals surface area contributed by atoms with Crippen LogP contribution in [0.4, 0.5) is 22.7 Å². The highest BCUT2D eigenvalue weighted by atomic mass is 16.4. The molecule has 8 aromatic rings. The first-order valence-electron chi connectivity index (χ1n) is 25.3. The van der Waals surface area contributed by atoms with Gasteiger partial charge in [-0.15, -0.1) is 0 Å². The SMILES string of the molecule is O=C(O)CCC(=O)Nc1ccc(C2=c3ccc([nH]3)=C(c3ccc(NC(=O)CCC(=O)O)cc3)c3ccc([nH]3)C(c3ccc(NC(=O)CCC(=O)O)cc3)=c3ccc([nH]3)=C(c3ccc(NC(=O)CCC(=O)O)cc3)c3ccc2[nH]3)cc1. The van der Waals surface area contributed by atoms with E-state index in [1.165, 1.54) is 0 Å². The fraction of sp³-hybridized carbons (Fsp3) is 0.133. The molecule has 1 aliphatic heterocycles. The number of carbonyl (C=O) groups is 8. The molecule has 404 valence electrons. The summed E-state index contributed by atoms with van der Waals surface area (Å²) < 4.78 is 0. The smallest absolute Gasteiger partial charge is 0.303 e. The van der Waals surface area contributed by atoms with Crippen LogP contribution >= 0.6 is 0 Å². The van der Waals surface area contributed by atoms with Crippen LogP contribution in [-0.4, -0.2) is 87.9 Å². The Hall–Kier alpha value is -10.8. The molecule has 0 saturated heterocycles. The van der Waals surface area contributed by atoms with Crippen LogP contribution < -0.4 is 42.7 Å². The van der Waals surface area contributed by atoms with Gasteiger partial charge in [0.15, 0.2) is 0 Å². The Labute approximate surface area is 454 Å². The van der Waals surface area contributed by atoms with Gasteiger partial charge in [-0.2, -0.15) is 0 Å². The molecule has 4 amide bonds. The van der Waals surface area contributed by atoms with Gasteiger partial charge in [-0.3, -0.25) is 38.4 Å². The van der Waals surface area contributed by atoms with Crippen LogP contribution in [0.1, 0.15) is 96.4 Å². The average molecular weight is 1080 g/mol. The third-order valence-electron chi connectivity index (χ3n) is 13.0. The summed E-state index contributed by atoms with van der Waals surface area (Å²) >= 11 is 0. The van der Waals surface area contributed by atoms with Gasteiger partial charge in [0.1, 0.15) is 0 Å². The first-order valence-corrected chi connectivity index (χ1v) is 25.3. The molecule has 0 fully saturated rings. The molecule has 0 saturated carbocycles. The van der Waals surface area contributed by atoms with E-state index in [1.54, 1.807) is 48.5 Å². The molecule has 0 radical (unpaired) electrons. The topological polar surface area (TPSA) is 329 Å². The lowest BCUT2D eigenvalue weighted by Crippen LogP contribution is -2.19. The van der Waals surface area contributed by atoms with Crippen molar-refractivity contribution in [3.05, 3.63) is 212 Å². The number of aromatic nitrogens is 4. The normalized spacial score (nSPS) is 11.9. The summed E-state index contributed by atoms with van der Waals surface area (Å²) in [5, 5.41) is 50.3. The second-order valence-corrected chi connectivity index (χ2v) is 18.7. The summed E-state index contributed by atoms with van der Waals surface area (Å²) in [5.41, 5.74) is 10.4. The third kappa shape index (κ3) is 13.2. The van der Waals surface area contributed by atoms with E-state index in [2.05, 4.69) is 41.2 Å². The quantitative estimate of drug-likeness (QED) is 0.0449. The number of carboxylic acids is 4. The minimum atomic E-state index is -1.09. The van der Waals surface area contributed by atoms with Gasteiger partial charge in [-0.05, 0) is 119 Å². The molecule has 8 bridgehead atoms. The van der Waals surface area contributed by atoms with Crippen molar-refractivity contribution in [1.82, 2.24) is 19.9 Å². The highest BCUT2D eigenvalue weighted by molar-refractivity contribution is 5.96. The molecular weight excluding hydrogens is 1020 g/mol. The molecule has 1 aliphatic rings. The lowest BCUT2D eigenvalue weighted by molar-refractivity contribution is -0.138. The molecular formula is C60H52N8O12. The molecule has 0 aliphatic carbocycles. The molecule has 12 N–H and O–H groups in total. The van der Waals surface area contributed by atoms with E-state index >= 15 is 0 Å². The summed E-state index contributed by atoms with van der Waals surface area (Å²) in [6.07, 6.45) is -2.09. The van der Waals surface area contributed by atoms with Crippen LogP contribution in [0.25, 0.3) is 22.3 Å². The Balaban J connectivity index is 1.25. The third-order valence-corrected chi connectivity index (χ3v) is 13.0. The standard InChI is InChI=1S/C60H52N8O12/c69-49(25-29-53(73)74)61-37-9-1-33(2-10-37)57-41-17-19-43(65-41)58(34-3-11-38(12-4-34)62-50(70)26-30-54(75)76)45-21-23-47(67-45)60(36-7-15-40(16-8-36)64-52(72)28-32-56(79)80)48-24-22-46(68-48)59(44-20-18-42(57)66-44)35-5-13-39(14-6-35)63-51(71)27-31-55(77)78/h1-24,65-68H,25-32H2,(H,61,69)(H,62,70)(H,63,71)(H,64,72)(H,73,74)(H,75,76)(H,77,78)(H,79,80). The van der Waals surface area contributed by atoms with E-state index in [4.69, 9.17) is 20.4 Å². The van der Waals surface area contributed by atoms with Crippen molar-refractivity contribution in [2.24, 2.45) is 0 Å². The van der Waals surface area contributed by atoms with Crippen molar-refractivity contribution in [1.29, 1.82) is 0 Å². The molecule has 0 spiro atoms. The predicted octanol–water partition coefficient (Wildman–Crippen LogP) is 5.51. The van der Waals surface area contributed by atoms with Gasteiger partial charge in [0, 0.05) is 115 Å². The van der Waals surface area contributed by atoms with E-state index < -0.39 is 47.5 Å². The van der Waals surface area contributed by atoms with E-state index in [0.717, 1.165) is 44.5 Å². The van der Waals surface area contributed by atoms with Gasteiger partial charge in [0.2, 0.25) is 23.6 Å². The Morgan fingerprint density at radius 2 is 0.463 bits per heavy atom. The second kappa shape index (κ2) is 24.1. The maximum absolute atomic E-state index is 12.7. The van der Waals surface area contributed by atoms with Gasteiger partial charge in [-0.25, -0.2) is 0 Å². The first kappa shape index (κ1) is 54.0. The van der Waals surface area contributed by atoms with Crippen LogP contribution in [0.5, 0.6) is 0 Å². The number of amides is 4. The minimum Gasteiger partial charge on any atom is -0.481 e. The van der Waals surface area contributed by atoms with Gasteiger partial charge in [0.05, 0.1) is 25.7 Å². The molecule has 80 heavy (non-hydrogen) atoms. The Kier molecular flexibility index (Phi) is 16.3. The van der Waals surface area contributed by atoms with E-state index in [-0.39, 0.29) is 51.4 Å². The number of aliphatic carboxylic acids is 4. The van der Waals surface area contributed by atoms with Crippen molar-refractivity contribution in [3.63, 3.8) is 0 Å². The number of rotatable bonds is 20. The van der Waals surface area contributed by atoms with Crippen molar-refractivity contribution in [2.45, 2.75) is 51.4 Å². The maximum atomic E-state index is 12.7. The second-order valence-electron chi connectivity index (χ2n) is 18.7. The maximum Gasteiger partial charge on any atom is 0.303 e. The number of hydrogen-bond donors (Lipinski definition) is 12. The van der Waals surface area contributed by atoms with Crippen LogP contribution in [0.2, 0.25) is 0 Å². The summed E-state index contributed by atoms with van der Waals surface area (Å²) in [7, 11) is 0. The zero-order valence-corrected chi connectivity index (χ0v) is 42.6. The number of aromatic amines is 4. The molecule has 4 aromatic heterocycles. The number of hydrogen-bond acceptors (Lipinski definition) is 8. The van der Waals surface area contributed by atoms with Crippen LogP contribution in [-0.2, 0) is 38.4 Å². The van der Waals surface area contributed by atoms with Crippen LogP contribution in [0, 0.1) is 0 Å². The lowest BCUT2D eigenvalue weighted by atomic mass is 10.0. The molecule has 20 heteroatoms. The number of benzene rings is 4. The van der Waals surface area contributed by atoms with Crippen molar-refractivity contribution >= 4 is 92.5 Å². The minimum absolute atomic E-state index is 0.201. The van der Waals surface area contributed by atoms with Crippen LogP contribution in [0.15, 0.2) is 146 Å². The number of H-pyrrole nitrogens is 4. The van der Waals surface area contributed by atoms with Gasteiger partial charge >= 0.3 is 23.9 Å². The number of carboxylic acid groups (broad SMARTS) is 4. The Bertz CT molecular complexity index is 3470. The largest absolute Gasteiger partial charge is 0.481 e. The molecule has 0 unspecified atom stereocenters. The average Bonchev–Trinajstić information content (AvgIpc) is 4.33. The zero-order valence-electron chi connectivity index (χ0n) is 42.6. The van der Waals surface area contributed by atoms with Gasteiger partial charge in [-0.1, -0.05) is 48.5 Å². The molecule has 0 atom stereocenters. The fourth-order valence-corrected chi connectivity index (χ4v) is 9.23. The zero-order chi connectivity index (χ0) is 56.5. The van der Waals surface area contributed by atoms with Crippen molar-refractivity contribution in [3.8, 4) is 0 Å². The molecule has 4 aromatic carbocycles.